The SMILES string of the molecule is CC(C)c1cc2ccc3ccc(-c4ccc(-c5ccc6ccc7cccc8ccc5c6c78)c5nn(-c6ccncc6)nc45)c4ccc(c1)c2c34. The molecule has 0 spiro atoms. The van der Waals surface area contributed by atoms with Crippen LogP contribution >= 0.6 is 0 Å². The largest absolute Gasteiger partial charge is 0.265 e. The summed E-state index contributed by atoms with van der Waals surface area (Å²) in [5, 5.41) is 25.7. The van der Waals surface area contributed by atoms with E-state index in [1.54, 1.807) is 17.2 Å². The molecule has 0 aliphatic heterocycles. The van der Waals surface area contributed by atoms with Gasteiger partial charge in [0.2, 0.25) is 0 Å². The molecule has 4 heteroatoms. The van der Waals surface area contributed by atoms with Crippen LogP contribution in [0.25, 0.3) is 104 Å². The topological polar surface area (TPSA) is 43.6 Å². The van der Waals surface area contributed by atoms with E-state index in [9.17, 15) is 0 Å². The monoisotopic (exact) mass is 638 g/mol. The van der Waals surface area contributed by atoms with Crippen LogP contribution in [0.4, 0.5) is 0 Å². The fourth-order valence-corrected chi connectivity index (χ4v) is 8.40. The first-order valence-electron chi connectivity index (χ1n) is 17.3. The van der Waals surface area contributed by atoms with Crippen molar-refractivity contribution in [1.82, 2.24) is 20.0 Å². The quantitative estimate of drug-likeness (QED) is 0.180. The highest BCUT2D eigenvalue weighted by atomic mass is 15.5. The van der Waals surface area contributed by atoms with Crippen LogP contribution in [0.5, 0.6) is 0 Å². The summed E-state index contributed by atoms with van der Waals surface area (Å²) < 4.78 is 0. The smallest absolute Gasteiger partial charge is 0.122 e. The van der Waals surface area contributed by atoms with Gasteiger partial charge < -0.3 is 0 Å². The lowest BCUT2D eigenvalue weighted by Crippen LogP contribution is -1.98. The molecular formula is C46H30N4. The number of fused-ring (bicyclic) bond motifs is 1. The van der Waals surface area contributed by atoms with Crippen molar-refractivity contribution in [3.05, 3.63) is 145 Å². The van der Waals surface area contributed by atoms with Gasteiger partial charge in [-0.25, -0.2) is 0 Å². The van der Waals surface area contributed by atoms with Crippen LogP contribution in [0, 0.1) is 0 Å². The molecule has 50 heavy (non-hydrogen) atoms. The Kier molecular flexibility index (Phi) is 5.55. The van der Waals surface area contributed by atoms with Crippen molar-refractivity contribution < 1.29 is 0 Å². The van der Waals surface area contributed by atoms with Crippen LogP contribution in [0.15, 0.2) is 140 Å². The van der Waals surface area contributed by atoms with E-state index >= 15 is 0 Å². The van der Waals surface area contributed by atoms with Gasteiger partial charge in [0, 0.05) is 23.5 Å². The molecule has 0 saturated carbocycles. The van der Waals surface area contributed by atoms with E-state index in [1.165, 1.54) is 70.2 Å². The maximum absolute atomic E-state index is 5.23. The van der Waals surface area contributed by atoms with E-state index in [1.807, 2.05) is 12.1 Å². The number of nitrogens with zero attached hydrogens (tertiary/aromatic N) is 4. The molecule has 0 N–H and O–H groups in total. The highest BCUT2D eigenvalue weighted by molar-refractivity contribution is 6.28. The van der Waals surface area contributed by atoms with Gasteiger partial charge in [-0.05, 0) is 99.4 Å². The minimum Gasteiger partial charge on any atom is -0.265 e. The normalized spacial score (nSPS) is 12.4. The molecule has 0 radical (unpaired) electrons. The third-order valence-electron chi connectivity index (χ3n) is 10.8. The van der Waals surface area contributed by atoms with Crippen LogP contribution in [0.2, 0.25) is 0 Å². The molecule has 0 bridgehead atoms. The van der Waals surface area contributed by atoms with E-state index in [2.05, 4.69) is 134 Å². The van der Waals surface area contributed by atoms with Gasteiger partial charge in [-0.15, -0.1) is 10.2 Å². The Morgan fingerprint density at radius 1 is 0.440 bits per heavy atom. The lowest BCUT2D eigenvalue weighted by Gasteiger charge is -2.17. The number of pyridine rings is 1. The molecule has 0 amide bonds. The Labute approximate surface area is 287 Å². The molecule has 0 unspecified atom stereocenters. The van der Waals surface area contributed by atoms with E-state index in [4.69, 9.17) is 10.2 Å². The third kappa shape index (κ3) is 3.79. The molecule has 0 atom stereocenters. The lowest BCUT2D eigenvalue weighted by atomic mass is 9.86. The molecule has 0 fully saturated rings. The van der Waals surface area contributed by atoms with Crippen LogP contribution < -0.4 is 0 Å². The average Bonchev–Trinajstić information content (AvgIpc) is 3.62. The first-order chi connectivity index (χ1) is 24.6. The molecule has 11 rings (SSSR count). The van der Waals surface area contributed by atoms with Crippen molar-refractivity contribution >= 4 is 75.7 Å². The highest BCUT2D eigenvalue weighted by Crippen LogP contribution is 2.45. The highest BCUT2D eigenvalue weighted by Gasteiger charge is 2.21. The summed E-state index contributed by atoms with van der Waals surface area (Å²) in [6.07, 6.45) is 3.58. The second kappa shape index (κ2) is 10.1. The van der Waals surface area contributed by atoms with Crippen molar-refractivity contribution in [2.75, 3.05) is 0 Å². The van der Waals surface area contributed by atoms with Gasteiger partial charge in [0.1, 0.15) is 11.0 Å². The van der Waals surface area contributed by atoms with Crippen molar-refractivity contribution in [2.24, 2.45) is 0 Å². The fourth-order valence-electron chi connectivity index (χ4n) is 8.40. The summed E-state index contributed by atoms with van der Waals surface area (Å²) in [7, 11) is 0. The molecule has 0 aliphatic carbocycles. The molecule has 9 aromatic carbocycles. The summed E-state index contributed by atoms with van der Waals surface area (Å²) >= 11 is 0. The summed E-state index contributed by atoms with van der Waals surface area (Å²) in [6.45, 7) is 4.53. The molecule has 11 aromatic rings. The van der Waals surface area contributed by atoms with E-state index < -0.39 is 0 Å². The molecule has 2 aromatic heterocycles. The maximum atomic E-state index is 5.23. The maximum Gasteiger partial charge on any atom is 0.122 e. The summed E-state index contributed by atoms with van der Waals surface area (Å²) in [6, 6.07) is 46.9. The zero-order chi connectivity index (χ0) is 33.1. The minimum atomic E-state index is 0.468. The van der Waals surface area contributed by atoms with Crippen molar-refractivity contribution in [1.29, 1.82) is 0 Å². The van der Waals surface area contributed by atoms with Crippen LogP contribution in [0.3, 0.4) is 0 Å². The van der Waals surface area contributed by atoms with Crippen molar-refractivity contribution in [3.8, 4) is 27.9 Å². The van der Waals surface area contributed by atoms with E-state index in [-0.39, 0.29) is 0 Å². The summed E-state index contributed by atoms with van der Waals surface area (Å²) in [5.74, 6) is 0.468. The predicted octanol–water partition coefficient (Wildman–Crippen LogP) is 12.1. The van der Waals surface area contributed by atoms with Crippen molar-refractivity contribution in [3.63, 3.8) is 0 Å². The van der Waals surface area contributed by atoms with Gasteiger partial charge in [0.05, 0.1) is 5.69 Å². The first kappa shape index (κ1) is 27.5. The Hall–Kier alpha value is -6.39. The van der Waals surface area contributed by atoms with Gasteiger partial charge in [0.15, 0.2) is 0 Å². The minimum absolute atomic E-state index is 0.468. The number of benzene rings is 9. The standard InChI is InChI=1S/C46H30N4/c1-26(2)33-24-31-9-8-30-11-15-36(38-17-13-32(25-33)42(31)44(30)38)40-19-18-39(45-46(40)49-50(48-45)34-20-22-47-23-21-34)35-14-10-29-7-6-27-4-3-5-28-12-16-37(35)43(29)41(27)28/h3-26H,1-2H3. The van der Waals surface area contributed by atoms with E-state index in [0.29, 0.717) is 5.92 Å². The second-order valence-electron chi connectivity index (χ2n) is 13.9. The molecule has 234 valence electrons. The number of hydrogen-bond donors (Lipinski definition) is 0. The Morgan fingerprint density at radius 2 is 0.880 bits per heavy atom. The van der Waals surface area contributed by atoms with Gasteiger partial charge in [-0.1, -0.05) is 129 Å². The Balaban J connectivity index is 1.21. The molecule has 4 nitrogen and oxygen atoms in total. The average molecular weight is 639 g/mol. The summed E-state index contributed by atoms with van der Waals surface area (Å²) in [5.41, 5.74) is 8.46. The van der Waals surface area contributed by atoms with Gasteiger partial charge in [-0.3, -0.25) is 4.98 Å². The fraction of sp³-hybridized carbons (Fsp3) is 0.0652. The third-order valence-corrected chi connectivity index (χ3v) is 10.8. The van der Waals surface area contributed by atoms with Crippen LogP contribution in [-0.4, -0.2) is 20.0 Å². The number of rotatable bonds is 4. The molecular weight excluding hydrogens is 609 g/mol. The van der Waals surface area contributed by atoms with E-state index in [0.717, 1.165) is 39.0 Å². The Bertz CT molecular complexity index is 3080. The first-order valence-corrected chi connectivity index (χ1v) is 17.3. The lowest BCUT2D eigenvalue weighted by molar-refractivity contribution is 0.764. The number of hydrogen-bond acceptors (Lipinski definition) is 3. The predicted molar refractivity (Wildman–Crippen MR) is 209 cm³/mol. The molecule has 0 saturated heterocycles. The summed E-state index contributed by atoms with van der Waals surface area (Å²) in [4.78, 5) is 6.01. The zero-order valence-electron chi connectivity index (χ0n) is 27.6. The van der Waals surface area contributed by atoms with Gasteiger partial charge in [0.25, 0.3) is 0 Å². The van der Waals surface area contributed by atoms with Crippen molar-refractivity contribution in [2.45, 2.75) is 19.8 Å². The zero-order valence-corrected chi connectivity index (χ0v) is 27.6. The van der Waals surface area contributed by atoms with Crippen LogP contribution in [-0.2, 0) is 0 Å². The van der Waals surface area contributed by atoms with Gasteiger partial charge in [-0.2, -0.15) is 4.80 Å². The second-order valence-corrected chi connectivity index (χ2v) is 13.9. The molecule has 0 aliphatic rings. The number of aromatic nitrogens is 4. The molecule has 2 heterocycles. The Morgan fingerprint density at radius 3 is 1.44 bits per heavy atom. The van der Waals surface area contributed by atoms with Gasteiger partial charge >= 0.3 is 0 Å². The van der Waals surface area contributed by atoms with Crippen LogP contribution in [0.1, 0.15) is 25.3 Å².